The number of carbonyl (C=O) groups is 2. The molecule has 0 aromatic heterocycles. The highest BCUT2D eigenvalue weighted by atomic mass is 16.5. The van der Waals surface area contributed by atoms with Crippen molar-refractivity contribution in [3.63, 3.8) is 0 Å². The van der Waals surface area contributed by atoms with E-state index in [4.69, 9.17) is 9.47 Å². The van der Waals surface area contributed by atoms with Crippen LogP contribution in [0.15, 0.2) is 24.3 Å². The minimum absolute atomic E-state index is 0.0410. The number of hydrogen-bond donors (Lipinski definition) is 0. The molecule has 0 heterocycles. The van der Waals surface area contributed by atoms with Crippen LogP contribution in [0.5, 0.6) is 0 Å². The molecule has 4 aliphatic carbocycles. The van der Waals surface area contributed by atoms with E-state index in [1.807, 2.05) is 0 Å². The van der Waals surface area contributed by atoms with Gasteiger partial charge in [-0.15, -0.1) is 0 Å². The summed E-state index contributed by atoms with van der Waals surface area (Å²) in [5.41, 5.74) is 0. The highest BCUT2D eigenvalue weighted by molar-refractivity contribution is 5.74. The zero-order chi connectivity index (χ0) is 22.2. The van der Waals surface area contributed by atoms with Gasteiger partial charge in [-0.25, -0.2) is 0 Å². The fourth-order valence-electron chi connectivity index (χ4n) is 6.28. The average molecular weight is 443 g/mol. The summed E-state index contributed by atoms with van der Waals surface area (Å²) in [5.74, 6) is 2.51. The maximum Gasteiger partial charge on any atom is 0.309 e. The third kappa shape index (κ3) is 6.48. The second kappa shape index (κ2) is 12.0. The molecule has 0 N–H and O–H groups in total. The van der Waals surface area contributed by atoms with Crippen molar-refractivity contribution in [1.29, 1.82) is 0 Å². The van der Waals surface area contributed by atoms with Gasteiger partial charge in [0.05, 0.1) is 25.0 Å². The normalized spacial score (nSPS) is 31.5. The molecule has 4 rings (SSSR count). The smallest absolute Gasteiger partial charge is 0.309 e. The van der Waals surface area contributed by atoms with Crippen LogP contribution in [0, 0.1) is 35.5 Å². The first-order valence-corrected chi connectivity index (χ1v) is 13.4. The first kappa shape index (κ1) is 23.6. The maximum absolute atomic E-state index is 12.2. The molecule has 2 saturated carbocycles. The van der Waals surface area contributed by atoms with Crippen LogP contribution in [0.4, 0.5) is 0 Å². The largest absolute Gasteiger partial charge is 0.465 e. The number of allylic oxidation sites excluding steroid dienone is 4. The van der Waals surface area contributed by atoms with Crippen LogP contribution >= 0.6 is 0 Å². The van der Waals surface area contributed by atoms with E-state index >= 15 is 0 Å². The highest BCUT2D eigenvalue weighted by Gasteiger charge is 2.41. The second-order valence-electron chi connectivity index (χ2n) is 10.6. The van der Waals surface area contributed by atoms with Crippen LogP contribution in [0.3, 0.4) is 0 Å². The first-order chi connectivity index (χ1) is 15.7. The molecule has 4 aliphatic rings. The van der Waals surface area contributed by atoms with Crippen LogP contribution in [0.25, 0.3) is 0 Å². The number of carbonyl (C=O) groups excluding carboxylic acids is 2. The lowest BCUT2D eigenvalue weighted by Crippen LogP contribution is -2.21. The molecule has 6 atom stereocenters. The van der Waals surface area contributed by atoms with E-state index in [0.29, 0.717) is 36.9 Å². The molecular weight excluding hydrogens is 400 g/mol. The molecule has 4 bridgehead atoms. The Kier molecular flexibility index (Phi) is 8.87. The van der Waals surface area contributed by atoms with Gasteiger partial charge in [-0.2, -0.15) is 0 Å². The first-order valence-electron chi connectivity index (χ1n) is 13.4. The van der Waals surface area contributed by atoms with Gasteiger partial charge >= 0.3 is 11.9 Å². The van der Waals surface area contributed by atoms with Gasteiger partial charge in [0.2, 0.25) is 0 Å². The second-order valence-corrected chi connectivity index (χ2v) is 10.6. The summed E-state index contributed by atoms with van der Waals surface area (Å²) >= 11 is 0. The standard InChI is InChI=1S/C28H42O4/c29-27(25-19-21-11-13-23(25)17-21)31-15-9-7-5-3-1-2-4-6-8-10-16-32-28(30)26-20-22-12-14-24(26)18-22/h11-14,21-26H,1-10,15-20H2/t21-,22?,23?,24-,25?,26?/m0/s1. The Morgan fingerprint density at radius 2 is 0.906 bits per heavy atom. The topological polar surface area (TPSA) is 52.6 Å². The summed E-state index contributed by atoms with van der Waals surface area (Å²) < 4.78 is 11.0. The lowest BCUT2D eigenvalue weighted by molar-refractivity contribution is -0.150. The van der Waals surface area contributed by atoms with Crippen LogP contribution in [-0.4, -0.2) is 25.2 Å². The molecule has 178 valence electrons. The minimum Gasteiger partial charge on any atom is -0.465 e. The zero-order valence-electron chi connectivity index (χ0n) is 19.7. The molecule has 2 fully saturated rings. The van der Waals surface area contributed by atoms with Gasteiger partial charge < -0.3 is 9.47 Å². The van der Waals surface area contributed by atoms with Crippen molar-refractivity contribution in [2.24, 2.45) is 35.5 Å². The van der Waals surface area contributed by atoms with Gasteiger partial charge in [-0.3, -0.25) is 9.59 Å². The molecule has 0 aromatic rings. The molecule has 0 amide bonds. The van der Waals surface area contributed by atoms with E-state index in [0.717, 1.165) is 51.4 Å². The van der Waals surface area contributed by atoms with Crippen molar-refractivity contribution < 1.29 is 19.1 Å². The third-order valence-corrected chi connectivity index (χ3v) is 8.19. The van der Waals surface area contributed by atoms with E-state index in [1.165, 1.54) is 38.5 Å². The summed E-state index contributed by atoms with van der Waals surface area (Å²) in [6, 6.07) is 0. The van der Waals surface area contributed by atoms with Crippen LogP contribution in [0.1, 0.15) is 89.9 Å². The summed E-state index contributed by atoms with van der Waals surface area (Å²) in [6.45, 7) is 1.19. The fourth-order valence-corrected chi connectivity index (χ4v) is 6.28. The Labute approximate surface area is 194 Å². The number of ether oxygens (including phenoxy) is 2. The zero-order valence-corrected chi connectivity index (χ0v) is 19.7. The Morgan fingerprint density at radius 3 is 1.22 bits per heavy atom. The molecule has 0 spiro atoms. The Hall–Kier alpha value is -1.58. The van der Waals surface area contributed by atoms with E-state index in [1.54, 1.807) is 0 Å². The van der Waals surface area contributed by atoms with Crippen LogP contribution < -0.4 is 0 Å². The van der Waals surface area contributed by atoms with Gasteiger partial charge in [0, 0.05) is 0 Å². The maximum atomic E-state index is 12.2. The Bertz CT molecular complexity index is 623. The van der Waals surface area contributed by atoms with Crippen LogP contribution in [0.2, 0.25) is 0 Å². The van der Waals surface area contributed by atoms with Crippen molar-refractivity contribution in [2.75, 3.05) is 13.2 Å². The lowest BCUT2D eigenvalue weighted by atomic mass is 9.94. The monoisotopic (exact) mass is 442 g/mol. The number of rotatable bonds is 15. The van der Waals surface area contributed by atoms with Gasteiger partial charge in [0.15, 0.2) is 0 Å². The van der Waals surface area contributed by atoms with Gasteiger partial charge in [0.1, 0.15) is 0 Å². The van der Waals surface area contributed by atoms with E-state index in [-0.39, 0.29) is 23.8 Å². The van der Waals surface area contributed by atoms with Crippen molar-refractivity contribution in [3.05, 3.63) is 24.3 Å². The summed E-state index contributed by atoms with van der Waals surface area (Å²) in [6.07, 6.45) is 25.2. The number of hydrogen-bond acceptors (Lipinski definition) is 4. The van der Waals surface area contributed by atoms with E-state index in [2.05, 4.69) is 24.3 Å². The van der Waals surface area contributed by atoms with Gasteiger partial charge in [-0.1, -0.05) is 75.7 Å². The molecule has 0 saturated heterocycles. The quantitative estimate of drug-likeness (QED) is 0.167. The predicted octanol–water partition coefficient (Wildman–Crippen LogP) is 6.40. The van der Waals surface area contributed by atoms with E-state index in [9.17, 15) is 9.59 Å². The van der Waals surface area contributed by atoms with Crippen molar-refractivity contribution in [1.82, 2.24) is 0 Å². The average Bonchev–Trinajstić information content (AvgIpc) is 3.60. The lowest BCUT2D eigenvalue weighted by Gasteiger charge is -2.16. The number of esters is 2. The highest BCUT2D eigenvalue weighted by Crippen LogP contribution is 2.44. The number of unbranched alkanes of at least 4 members (excludes halogenated alkanes) is 9. The van der Waals surface area contributed by atoms with Crippen molar-refractivity contribution in [3.8, 4) is 0 Å². The molecule has 0 aromatic carbocycles. The Morgan fingerprint density at radius 1 is 0.531 bits per heavy atom. The molecule has 4 nitrogen and oxygen atoms in total. The molecule has 4 unspecified atom stereocenters. The van der Waals surface area contributed by atoms with E-state index < -0.39 is 0 Å². The molecule has 4 heteroatoms. The summed E-state index contributed by atoms with van der Waals surface area (Å²) in [4.78, 5) is 24.3. The molecule has 0 radical (unpaired) electrons. The SMILES string of the molecule is O=C(OCCCCCCCCCCCCOC(=O)C1CC2C=C[C@H]1C2)C1C[C@H]2C=CC1C2. The minimum atomic E-state index is 0.0410. The predicted molar refractivity (Wildman–Crippen MR) is 126 cm³/mol. The number of fused-ring (bicyclic) bond motifs is 4. The van der Waals surface area contributed by atoms with Gasteiger partial charge in [-0.05, 0) is 62.2 Å². The summed E-state index contributed by atoms with van der Waals surface area (Å²) in [5, 5.41) is 0. The van der Waals surface area contributed by atoms with Gasteiger partial charge in [0.25, 0.3) is 0 Å². The third-order valence-electron chi connectivity index (χ3n) is 8.19. The molecule has 0 aliphatic heterocycles. The van der Waals surface area contributed by atoms with Crippen LogP contribution in [-0.2, 0) is 19.1 Å². The van der Waals surface area contributed by atoms with Crippen molar-refractivity contribution >= 4 is 11.9 Å². The summed E-state index contributed by atoms with van der Waals surface area (Å²) in [7, 11) is 0. The molecule has 32 heavy (non-hydrogen) atoms. The fraction of sp³-hybridized carbons (Fsp3) is 0.786. The van der Waals surface area contributed by atoms with Crippen molar-refractivity contribution in [2.45, 2.75) is 89.9 Å². The Balaban J connectivity index is 0.881. The molecular formula is C28H42O4.